The highest BCUT2D eigenvalue weighted by Crippen LogP contribution is 2.34. The van der Waals surface area contributed by atoms with Crippen molar-refractivity contribution >= 4 is 21.3 Å². The molecule has 128 valence electrons. The molecule has 23 heavy (non-hydrogen) atoms. The molecule has 0 spiro atoms. The van der Waals surface area contributed by atoms with Crippen LogP contribution < -0.4 is 5.32 Å². The Bertz CT molecular complexity index is 694. The summed E-state index contributed by atoms with van der Waals surface area (Å²) in [6, 6.07) is 5.00. The average molecular weight is 349 g/mol. The molecular weight excluding hydrogens is 331 g/mol. The number of carbonyl (C=O) groups is 1. The standard InChI is InChI=1S/C15H18F3NO3S/c1-11(10-14(20)19-8-5-9-23(2,21)22)12-6-3-4-7-13(12)15(16,17)18/h3-4,6-7,10H,5,8-9H2,1-2H3,(H,19,20)/b11-10+. The third kappa shape index (κ3) is 6.85. The molecule has 4 nitrogen and oxygen atoms in total. The third-order valence-electron chi connectivity index (χ3n) is 3.00. The zero-order valence-electron chi connectivity index (χ0n) is 12.8. The molecule has 1 aromatic rings. The van der Waals surface area contributed by atoms with E-state index in [1.807, 2.05) is 0 Å². The molecule has 0 saturated heterocycles. The highest BCUT2D eigenvalue weighted by Gasteiger charge is 2.33. The van der Waals surface area contributed by atoms with Crippen LogP contribution in [0, 0.1) is 0 Å². The second-order valence-electron chi connectivity index (χ2n) is 5.15. The van der Waals surface area contributed by atoms with Crippen LogP contribution in [0.4, 0.5) is 13.2 Å². The van der Waals surface area contributed by atoms with Gasteiger partial charge in [-0.25, -0.2) is 8.42 Å². The van der Waals surface area contributed by atoms with Crippen molar-refractivity contribution in [1.82, 2.24) is 5.32 Å². The van der Waals surface area contributed by atoms with E-state index in [0.717, 1.165) is 18.4 Å². The Morgan fingerprint density at radius 2 is 1.87 bits per heavy atom. The minimum atomic E-state index is -4.50. The first-order valence-corrected chi connectivity index (χ1v) is 8.87. The number of hydrogen-bond acceptors (Lipinski definition) is 3. The molecule has 0 saturated carbocycles. The first-order valence-electron chi connectivity index (χ1n) is 6.81. The van der Waals surface area contributed by atoms with Crippen molar-refractivity contribution in [3.63, 3.8) is 0 Å². The van der Waals surface area contributed by atoms with Gasteiger partial charge in [0.2, 0.25) is 5.91 Å². The van der Waals surface area contributed by atoms with Gasteiger partial charge in [-0.3, -0.25) is 4.79 Å². The lowest BCUT2D eigenvalue weighted by atomic mass is 10.00. The first-order chi connectivity index (χ1) is 10.5. The van der Waals surface area contributed by atoms with Crippen LogP contribution in [0.3, 0.4) is 0 Å². The molecule has 8 heteroatoms. The number of nitrogens with one attached hydrogen (secondary N) is 1. The van der Waals surface area contributed by atoms with Crippen molar-refractivity contribution < 1.29 is 26.4 Å². The zero-order chi connectivity index (χ0) is 17.7. The van der Waals surface area contributed by atoms with Crippen molar-refractivity contribution in [3.05, 3.63) is 41.5 Å². The van der Waals surface area contributed by atoms with E-state index in [4.69, 9.17) is 0 Å². The largest absolute Gasteiger partial charge is 0.416 e. The van der Waals surface area contributed by atoms with Crippen LogP contribution in [0.25, 0.3) is 5.57 Å². The third-order valence-corrected chi connectivity index (χ3v) is 4.03. The van der Waals surface area contributed by atoms with Crippen LogP contribution in [0.1, 0.15) is 24.5 Å². The molecule has 0 atom stereocenters. The molecule has 0 unspecified atom stereocenters. The Kier molecular flexibility index (Phi) is 6.37. The number of hydrogen-bond donors (Lipinski definition) is 1. The maximum atomic E-state index is 12.9. The van der Waals surface area contributed by atoms with E-state index < -0.39 is 27.5 Å². The molecule has 1 N–H and O–H groups in total. The molecule has 0 fully saturated rings. The Balaban J connectivity index is 2.76. The van der Waals surface area contributed by atoms with E-state index in [1.54, 1.807) is 0 Å². The fourth-order valence-corrected chi connectivity index (χ4v) is 2.61. The van der Waals surface area contributed by atoms with Gasteiger partial charge in [0.25, 0.3) is 0 Å². The fraction of sp³-hybridized carbons (Fsp3) is 0.400. The zero-order valence-corrected chi connectivity index (χ0v) is 13.6. The number of amides is 1. The normalized spacial score (nSPS) is 13.0. The van der Waals surface area contributed by atoms with Crippen LogP contribution in [-0.2, 0) is 20.8 Å². The lowest BCUT2D eigenvalue weighted by molar-refractivity contribution is -0.137. The van der Waals surface area contributed by atoms with Crippen LogP contribution in [0.2, 0.25) is 0 Å². The van der Waals surface area contributed by atoms with Crippen molar-refractivity contribution in [2.75, 3.05) is 18.6 Å². The van der Waals surface area contributed by atoms with Crippen LogP contribution in [-0.4, -0.2) is 32.9 Å². The number of alkyl halides is 3. The number of allylic oxidation sites excluding steroid dienone is 1. The number of halogens is 3. The average Bonchev–Trinajstić information content (AvgIpc) is 2.41. The summed E-state index contributed by atoms with van der Waals surface area (Å²) in [5.74, 6) is -0.625. The monoisotopic (exact) mass is 349 g/mol. The Morgan fingerprint density at radius 3 is 2.43 bits per heavy atom. The number of rotatable bonds is 6. The Labute approximate surface area is 133 Å². The summed E-state index contributed by atoms with van der Waals surface area (Å²) >= 11 is 0. The maximum Gasteiger partial charge on any atom is 0.416 e. The second-order valence-corrected chi connectivity index (χ2v) is 7.40. The van der Waals surface area contributed by atoms with E-state index >= 15 is 0 Å². The van der Waals surface area contributed by atoms with Gasteiger partial charge in [-0.15, -0.1) is 0 Å². The second kappa shape index (κ2) is 7.63. The van der Waals surface area contributed by atoms with Crippen LogP contribution in [0.5, 0.6) is 0 Å². The summed E-state index contributed by atoms with van der Waals surface area (Å²) in [4.78, 5) is 11.7. The maximum absolute atomic E-state index is 12.9. The van der Waals surface area contributed by atoms with Crippen molar-refractivity contribution in [2.45, 2.75) is 19.5 Å². The van der Waals surface area contributed by atoms with E-state index in [0.29, 0.717) is 0 Å². The highest BCUT2D eigenvalue weighted by molar-refractivity contribution is 7.90. The molecule has 1 amide bonds. The molecule has 1 rings (SSSR count). The molecule has 0 aliphatic rings. The first kappa shape index (κ1) is 19.2. The lowest BCUT2D eigenvalue weighted by Gasteiger charge is -2.13. The van der Waals surface area contributed by atoms with E-state index in [1.165, 1.54) is 25.1 Å². The van der Waals surface area contributed by atoms with E-state index in [-0.39, 0.29) is 29.9 Å². The summed E-state index contributed by atoms with van der Waals surface area (Å²) in [5.41, 5.74) is -0.691. The molecule has 0 heterocycles. The molecule has 0 aliphatic heterocycles. The number of carbonyl (C=O) groups excluding carboxylic acids is 1. The van der Waals surface area contributed by atoms with Gasteiger partial charge in [-0.2, -0.15) is 13.2 Å². The smallest absolute Gasteiger partial charge is 0.353 e. The quantitative estimate of drug-likeness (QED) is 0.634. The fourth-order valence-electron chi connectivity index (χ4n) is 1.95. The summed E-state index contributed by atoms with van der Waals surface area (Å²) in [6.07, 6.45) is -2.09. The minimum Gasteiger partial charge on any atom is -0.353 e. The lowest BCUT2D eigenvalue weighted by Crippen LogP contribution is -2.24. The van der Waals surface area contributed by atoms with Gasteiger partial charge >= 0.3 is 6.18 Å². The van der Waals surface area contributed by atoms with Gasteiger partial charge in [-0.05, 0) is 30.5 Å². The molecule has 0 bridgehead atoms. The van der Waals surface area contributed by atoms with E-state index in [2.05, 4.69) is 5.32 Å². The number of sulfone groups is 1. The SMILES string of the molecule is C/C(=C\C(=O)NCCCS(C)(=O)=O)c1ccccc1C(F)(F)F. The van der Waals surface area contributed by atoms with Gasteiger partial charge in [0.1, 0.15) is 9.84 Å². The Morgan fingerprint density at radius 1 is 1.26 bits per heavy atom. The molecule has 0 aromatic heterocycles. The topological polar surface area (TPSA) is 63.2 Å². The van der Waals surface area contributed by atoms with Gasteiger partial charge < -0.3 is 5.32 Å². The minimum absolute atomic E-state index is 0.0626. The highest BCUT2D eigenvalue weighted by atomic mass is 32.2. The Hall–Kier alpha value is -1.83. The van der Waals surface area contributed by atoms with Gasteiger partial charge in [-0.1, -0.05) is 18.2 Å². The predicted molar refractivity (Wildman–Crippen MR) is 82.4 cm³/mol. The molecule has 1 aromatic carbocycles. The van der Waals surface area contributed by atoms with Gasteiger partial charge in [0.15, 0.2) is 0 Å². The molecular formula is C15H18F3NO3S. The van der Waals surface area contributed by atoms with Crippen LogP contribution >= 0.6 is 0 Å². The van der Waals surface area contributed by atoms with Gasteiger partial charge in [0, 0.05) is 18.9 Å². The summed E-state index contributed by atoms with van der Waals surface area (Å²) in [6.45, 7) is 1.55. The van der Waals surface area contributed by atoms with Gasteiger partial charge in [0.05, 0.1) is 11.3 Å². The summed E-state index contributed by atoms with van der Waals surface area (Å²) in [5, 5.41) is 2.45. The van der Waals surface area contributed by atoms with Crippen molar-refractivity contribution in [2.24, 2.45) is 0 Å². The molecule has 0 aliphatic carbocycles. The van der Waals surface area contributed by atoms with Crippen molar-refractivity contribution in [3.8, 4) is 0 Å². The van der Waals surface area contributed by atoms with Crippen molar-refractivity contribution in [1.29, 1.82) is 0 Å². The summed E-state index contributed by atoms with van der Waals surface area (Å²) < 4.78 is 60.6. The van der Waals surface area contributed by atoms with E-state index in [9.17, 15) is 26.4 Å². The number of benzene rings is 1. The predicted octanol–water partition coefficient (Wildman–Crippen LogP) is 2.66. The summed E-state index contributed by atoms with van der Waals surface area (Å²) in [7, 11) is -3.10. The molecule has 0 radical (unpaired) electrons. The van der Waals surface area contributed by atoms with Crippen LogP contribution in [0.15, 0.2) is 30.3 Å².